The molecule has 1 rings (SSSR count). The van der Waals surface area contributed by atoms with E-state index in [9.17, 15) is 4.79 Å². The third kappa shape index (κ3) is 7.25. The van der Waals surface area contributed by atoms with E-state index in [1.165, 1.54) is 0 Å². The molecule has 106 valence electrons. The summed E-state index contributed by atoms with van der Waals surface area (Å²) in [6, 6.07) is 4.89. The molecule has 0 fully saturated rings. The first-order chi connectivity index (χ1) is 8.97. The van der Waals surface area contributed by atoms with Crippen molar-refractivity contribution in [3.8, 4) is 5.75 Å². The second-order valence-corrected chi connectivity index (χ2v) is 5.06. The van der Waals surface area contributed by atoms with Gasteiger partial charge in [-0.2, -0.15) is 0 Å². The fourth-order valence-corrected chi connectivity index (χ4v) is 1.89. The van der Waals surface area contributed by atoms with Gasteiger partial charge in [-0.25, -0.2) is 0 Å². The summed E-state index contributed by atoms with van der Waals surface area (Å²) in [4.78, 5) is 11.4. The van der Waals surface area contributed by atoms with E-state index in [0.29, 0.717) is 28.8 Å². The van der Waals surface area contributed by atoms with Crippen LogP contribution in [-0.2, 0) is 4.79 Å². The summed E-state index contributed by atoms with van der Waals surface area (Å²) in [5.74, 6) is 0.419. The highest BCUT2D eigenvalue weighted by Crippen LogP contribution is 2.24. The van der Waals surface area contributed by atoms with Crippen LogP contribution in [0.4, 0.5) is 0 Å². The largest absolute Gasteiger partial charge is 0.493 e. The SMILES string of the molecule is CC(O)CCNC(=O)CCOc1cc(Cl)cc(Cl)c1. The van der Waals surface area contributed by atoms with Gasteiger partial charge >= 0.3 is 0 Å². The summed E-state index contributed by atoms with van der Waals surface area (Å²) >= 11 is 11.6. The van der Waals surface area contributed by atoms with Gasteiger partial charge in [0.25, 0.3) is 0 Å². The zero-order valence-electron chi connectivity index (χ0n) is 10.7. The van der Waals surface area contributed by atoms with E-state index in [0.717, 1.165) is 0 Å². The number of carbonyl (C=O) groups excluding carboxylic acids is 1. The van der Waals surface area contributed by atoms with Gasteiger partial charge in [-0.3, -0.25) is 4.79 Å². The van der Waals surface area contributed by atoms with Crippen molar-refractivity contribution in [3.63, 3.8) is 0 Å². The zero-order chi connectivity index (χ0) is 14.3. The average molecular weight is 306 g/mol. The van der Waals surface area contributed by atoms with Gasteiger partial charge < -0.3 is 15.2 Å². The minimum absolute atomic E-state index is 0.117. The van der Waals surface area contributed by atoms with Crippen molar-refractivity contribution in [1.29, 1.82) is 0 Å². The Morgan fingerprint density at radius 2 is 2.00 bits per heavy atom. The molecule has 0 heterocycles. The molecule has 0 aliphatic carbocycles. The first-order valence-electron chi connectivity index (χ1n) is 6.01. The number of amides is 1. The third-order valence-electron chi connectivity index (χ3n) is 2.32. The topological polar surface area (TPSA) is 58.6 Å². The molecule has 1 unspecified atom stereocenters. The predicted octanol–water partition coefficient (Wildman–Crippen LogP) is 2.65. The number of hydrogen-bond donors (Lipinski definition) is 2. The Labute approximate surface area is 122 Å². The van der Waals surface area contributed by atoms with E-state index in [2.05, 4.69) is 5.32 Å². The van der Waals surface area contributed by atoms with Crippen molar-refractivity contribution in [2.45, 2.75) is 25.9 Å². The lowest BCUT2D eigenvalue weighted by Gasteiger charge is -2.08. The monoisotopic (exact) mass is 305 g/mol. The highest BCUT2D eigenvalue weighted by molar-refractivity contribution is 6.34. The summed E-state index contributed by atoms with van der Waals surface area (Å²) in [5, 5.41) is 12.7. The lowest BCUT2D eigenvalue weighted by atomic mass is 10.3. The van der Waals surface area contributed by atoms with Gasteiger partial charge in [0, 0.05) is 16.6 Å². The summed E-state index contributed by atoms with van der Waals surface area (Å²) in [5.41, 5.74) is 0. The highest BCUT2D eigenvalue weighted by Gasteiger charge is 2.04. The zero-order valence-corrected chi connectivity index (χ0v) is 12.2. The summed E-state index contributed by atoms with van der Waals surface area (Å²) in [7, 11) is 0. The second-order valence-electron chi connectivity index (χ2n) is 4.19. The van der Waals surface area contributed by atoms with Gasteiger partial charge in [0.05, 0.1) is 19.1 Å². The fraction of sp³-hybridized carbons (Fsp3) is 0.462. The lowest BCUT2D eigenvalue weighted by Crippen LogP contribution is -2.27. The van der Waals surface area contributed by atoms with E-state index in [-0.39, 0.29) is 18.9 Å². The van der Waals surface area contributed by atoms with Crippen molar-refractivity contribution < 1.29 is 14.6 Å². The third-order valence-corrected chi connectivity index (χ3v) is 2.75. The molecule has 4 nitrogen and oxygen atoms in total. The maximum atomic E-state index is 11.4. The highest BCUT2D eigenvalue weighted by atomic mass is 35.5. The number of aliphatic hydroxyl groups excluding tert-OH is 1. The number of halogens is 2. The van der Waals surface area contributed by atoms with Gasteiger partial charge in [0.15, 0.2) is 0 Å². The summed E-state index contributed by atoms with van der Waals surface area (Å²) in [6.45, 7) is 2.38. The molecular weight excluding hydrogens is 289 g/mol. The van der Waals surface area contributed by atoms with Crippen LogP contribution in [0.2, 0.25) is 10.0 Å². The van der Waals surface area contributed by atoms with Gasteiger partial charge in [0.1, 0.15) is 5.75 Å². The van der Waals surface area contributed by atoms with E-state index >= 15 is 0 Å². The quantitative estimate of drug-likeness (QED) is 0.814. The molecule has 0 aliphatic rings. The maximum absolute atomic E-state index is 11.4. The number of ether oxygens (including phenoxy) is 1. The molecule has 6 heteroatoms. The molecule has 0 saturated heterocycles. The van der Waals surface area contributed by atoms with Gasteiger partial charge in [-0.05, 0) is 31.5 Å². The molecule has 1 aromatic carbocycles. The van der Waals surface area contributed by atoms with Crippen LogP contribution in [0.15, 0.2) is 18.2 Å². The molecule has 0 saturated carbocycles. The number of nitrogens with one attached hydrogen (secondary N) is 1. The normalized spacial score (nSPS) is 12.0. The first kappa shape index (κ1) is 16.1. The molecule has 19 heavy (non-hydrogen) atoms. The predicted molar refractivity (Wildman–Crippen MR) is 75.9 cm³/mol. The Kier molecular flexibility index (Phi) is 6.99. The Morgan fingerprint density at radius 3 is 2.58 bits per heavy atom. The standard InChI is InChI=1S/C13H17Cl2NO3/c1-9(17)2-4-16-13(18)3-5-19-12-7-10(14)6-11(15)8-12/h6-9,17H,2-5H2,1H3,(H,16,18). The molecule has 1 aromatic rings. The van der Waals surface area contributed by atoms with Crippen LogP contribution in [0.3, 0.4) is 0 Å². The van der Waals surface area contributed by atoms with Crippen molar-refractivity contribution >= 4 is 29.1 Å². The summed E-state index contributed by atoms with van der Waals surface area (Å²) < 4.78 is 5.39. The van der Waals surface area contributed by atoms with Crippen LogP contribution in [-0.4, -0.2) is 30.3 Å². The molecule has 0 aliphatic heterocycles. The summed E-state index contributed by atoms with van der Waals surface area (Å²) in [6.07, 6.45) is 0.366. The Hall–Kier alpha value is -0.970. The van der Waals surface area contributed by atoms with Crippen LogP contribution in [0, 0.1) is 0 Å². The molecule has 0 bridgehead atoms. The number of hydrogen-bond acceptors (Lipinski definition) is 3. The van der Waals surface area contributed by atoms with E-state index in [1.54, 1.807) is 25.1 Å². The average Bonchev–Trinajstić information content (AvgIpc) is 2.27. The molecule has 0 spiro atoms. The lowest BCUT2D eigenvalue weighted by molar-refractivity contribution is -0.121. The van der Waals surface area contributed by atoms with Crippen molar-refractivity contribution in [2.24, 2.45) is 0 Å². The van der Waals surface area contributed by atoms with E-state index < -0.39 is 6.10 Å². The second kappa shape index (κ2) is 8.25. The van der Waals surface area contributed by atoms with E-state index in [1.807, 2.05) is 0 Å². The Balaban J connectivity index is 2.24. The molecule has 1 atom stereocenters. The van der Waals surface area contributed by atoms with Crippen LogP contribution < -0.4 is 10.1 Å². The molecule has 0 radical (unpaired) electrons. The molecule has 2 N–H and O–H groups in total. The molecule has 1 amide bonds. The Morgan fingerprint density at radius 1 is 1.37 bits per heavy atom. The fourth-order valence-electron chi connectivity index (χ4n) is 1.38. The first-order valence-corrected chi connectivity index (χ1v) is 6.76. The smallest absolute Gasteiger partial charge is 0.223 e. The van der Waals surface area contributed by atoms with Crippen LogP contribution in [0.1, 0.15) is 19.8 Å². The molecular formula is C13H17Cl2NO3. The number of rotatable bonds is 7. The van der Waals surface area contributed by atoms with Gasteiger partial charge in [0.2, 0.25) is 5.91 Å². The minimum Gasteiger partial charge on any atom is -0.493 e. The van der Waals surface area contributed by atoms with Crippen molar-refractivity contribution in [1.82, 2.24) is 5.32 Å². The van der Waals surface area contributed by atoms with Gasteiger partial charge in [-0.15, -0.1) is 0 Å². The van der Waals surface area contributed by atoms with Gasteiger partial charge in [-0.1, -0.05) is 23.2 Å². The minimum atomic E-state index is -0.412. The van der Waals surface area contributed by atoms with Crippen LogP contribution in [0.5, 0.6) is 5.75 Å². The number of carbonyl (C=O) groups is 1. The van der Waals surface area contributed by atoms with E-state index in [4.69, 9.17) is 33.0 Å². The van der Waals surface area contributed by atoms with Crippen molar-refractivity contribution in [3.05, 3.63) is 28.2 Å². The van der Waals surface area contributed by atoms with Crippen LogP contribution >= 0.6 is 23.2 Å². The Bertz CT molecular complexity index is 404. The van der Waals surface area contributed by atoms with Crippen molar-refractivity contribution in [2.75, 3.05) is 13.2 Å². The maximum Gasteiger partial charge on any atom is 0.223 e. The van der Waals surface area contributed by atoms with Crippen LogP contribution in [0.25, 0.3) is 0 Å². The number of benzene rings is 1. The molecule has 0 aromatic heterocycles. The number of aliphatic hydroxyl groups is 1.